The monoisotopic (exact) mass is 453 g/mol. The van der Waals surface area contributed by atoms with E-state index in [2.05, 4.69) is 0 Å². The van der Waals surface area contributed by atoms with E-state index in [0.29, 0.717) is 17.4 Å². The maximum absolute atomic E-state index is 14.7. The van der Waals surface area contributed by atoms with Crippen molar-refractivity contribution in [3.8, 4) is 5.75 Å². The predicted molar refractivity (Wildman–Crippen MR) is 115 cm³/mol. The highest BCUT2D eigenvalue weighted by atomic mass is 19.1. The molecule has 0 aliphatic carbocycles. The Hall–Kier alpha value is -4.07. The Morgan fingerprint density at radius 2 is 1.61 bits per heavy atom. The van der Waals surface area contributed by atoms with Crippen LogP contribution in [0.2, 0.25) is 0 Å². The summed E-state index contributed by atoms with van der Waals surface area (Å²) in [5, 5.41) is 11.1. The molecular formula is C25H18F3NO4. The number of Topliss-reactive ketones (excluding diaryl/α,β-unsaturated/α-hetero) is 1. The van der Waals surface area contributed by atoms with Crippen molar-refractivity contribution >= 4 is 23.1 Å². The van der Waals surface area contributed by atoms with Crippen LogP contribution in [0.1, 0.15) is 22.7 Å². The zero-order valence-electron chi connectivity index (χ0n) is 17.6. The summed E-state index contributed by atoms with van der Waals surface area (Å²) in [6.07, 6.45) is 0. The van der Waals surface area contributed by atoms with Crippen LogP contribution in [0.3, 0.4) is 0 Å². The average molecular weight is 453 g/mol. The number of aryl methyl sites for hydroxylation is 1. The van der Waals surface area contributed by atoms with Crippen LogP contribution in [0, 0.1) is 24.4 Å². The number of halogens is 3. The number of aliphatic hydroxyl groups is 1. The summed E-state index contributed by atoms with van der Waals surface area (Å²) in [7, 11) is 1.48. The fourth-order valence-electron chi connectivity index (χ4n) is 3.89. The van der Waals surface area contributed by atoms with Gasteiger partial charge in [0.25, 0.3) is 11.7 Å². The van der Waals surface area contributed by atoms with Crippen LogP contribution in [0.15, 0.2) is 66.2 Å². The maximum atomic E-state index is 14.7. The normalized spacial score (nSPS) is 17.5. The van der Waals surface area contributed by atoms with Crippen LogP contribution in [0.4, 0.5) is 18.9 Å². The second-order valence-electron chi connectivity index (χ2n) is 7.50. The lowest BCUT2D eigenvalue weighted by molar-refractivity contribution is -0.132. The first-order valence-electron chi connectivity index (χ1n) is 9.89. The van der Waals surface area contributed by atoms with Gasteiger partial charge in [0.1, 0.15) is 29.0 Å². The first kappa shape index (κ1) is 22.1. The fraction of sp³-hybridized carbons (Fsp3) is 0.120. The number of methoxy groups -OCH3 is 1. The van der Waals surface area contributed by atoms with Gasteiger partial charge in [0, 0.05) is 11.6 Å². The van der Waals surface area contributed by atoms with Crippen molar-refractivity contribution in [2.24, 2.45) is 0 Å². The third-order valence-electron chi connectivity index (χ3n) is 5.49. The Labute approximate surface area is 187 Å². The van der Waals surface area contributed by atoms with Gasteiger partial charge in [-0.3, -0.25) is 14.5 Å². The lowest BCUT2D eigenvalue weighted by Gasteiger charge is -2.26. The summed E-state index contributed by atoms with van der Waals surface area (Å²) in [6, 6.07) is 10.9. The van der Waals surface area contributed by atoms with E-state index in [1.807, 2.05) is 0 Å². The molecule has 3 aromatic carbocycles. The molecule has 0 spiro atoms. The number of ketones is 1. The number of anilines is 1. The number of hydrogen-bond acceptors (Lipinski definition) is 4. The zero-order valence-corrected chi connectivity index (χ0v) is 17.6. The van der Waals surface area contributed by atoms with Crippen molar-refractivity contribution in [2.75, 3.05) is 12.0 Å². The minimum absolute atomic E-state index is 0.257. The highest BCUT2D eigenvalue weighted by Gasteiger charge is 2.47. The summed E-state index contributed by atoms with van der Waals surface area (Å²) in [5.41, 5.74) is 0.429. The largest absolute Gasteiger partial charge is 0.507 e. The molecule has 168 valence electrons. The second-order valence-corrected chi connectivity index (χ2v) is 7.50. The van der Waals surface area contributed by atoms with Gasteiger partial charge in [-0.2, -0.15) is 0 Å². The summed E-state index contributed by atoms with van der Waals surface area (Å²) in [4.78, 5) is 26.9. The van der Waals surface area contributed by atoms with E-state index in [1.165, 1.54) is 25.3 Å². The summed E-state index contributed by atoms with van der Waals surface area (Å²) >= 11 is 0. The number of nitrogens with zero attached hydrogens (tertiary/aromatic N) is 1. The highest BCUT2D eigenvalue weighted by molar-refractivity contribution is 6.51. The maximum Gasteiger partial charge on any atom is 0.300 e. The topological polar surface area (TPSA) is 66.8 Å². The summed E-state index contributed by atoms with van der Waals surface area (Å²) < 4.78 is 46.9. The lowest BCUT2D eigenvalue weighted by Crippen LogP contribution is -2.30. The molecule has 0 radical (unpaired) electrons. The average Bonchev–Trinajstić information content (AvgIpc) is 3.04. The first-order valence-corrected chi connectivity index (χ1v) is 9.89. The number of hydrogen-bond donors (Lipinski definition) is 1. The van der Waals surface area contributed by atoms with Crippen molar-refractivity contribution in [3.63, 3.8) is 0 Å². The van der Waals surface area contributed by atoms with Gasteiger partial charge in [0.05, 0.1) is 24.4 Å². The zero-order chi connectivity index (χ0) is 23.9. The van der Waals surface area contributed by atoms with E-state index in [4.69, 9.17) is 4.74 Å². The van der Waals surface area contributed by atoms with Gasteiger partial charge < -0.3 is 9.84 Å². The molecule has 1 saturated heterocycles. The molecule has 8 heteroatoms. The molecular weight excluding hydrogens is 435 g/mol. The van der Waals surface area contributed by atoms with Crippen LogP contribution >= 0.6 is 0 Å². The number of benzene rings is 3. The standard InChI is InChI=1S/C25H18F3NO4/c1-13-11-17(33-2)8-9-18(13)23(30)21-22(14-3-5-15(26)6-4-14)29(25(32)24(21)31)20-10-7-16(27)12-19(20)28/h3-12,22,30H,1-2H3/b23-21+. The van der Waals surface area contributed by atoms with Crippen LogP contribution in [0.5, 0.6) is 5.75 Å². The molecule has 1 amide bonds. The third-order valence-corrected chi connectivity index (χ3v) is 5.49. The van der Waals surface area contributed by atoms with E-state index >= 15 is 0 Å². The number of amides is 1. The van der Waals surface area contributed by atoms with Gasteiger partial charge in [-0.25, -0.2) is 13.2 Å². The molecule has 0 bridgehead atoms. The van der Waals surface area contributed by atoms with Crippen molar-refractivity contribution in [2.45, 2.75) is 13.0 Å². The van der Waals surface area contributed by atoms with Gasteiger partial charge in [-0.05, 0) is 60.5 Å². The summed E-state index contributed by atoms with van der Waals surface area (Å²) in [6.45, 7) is 1.68. The van der Waals surface area contributed by atoms with Crippen LogP contribution in [-0.2, 0) is 9.59 Å². The number of carbonyl (C=O) groups excluding carboxylic acids is 2. The van der Waals surface area contributed by atoms with Crippen molar-refractivity contribution in [3.05, 3.63) is 100 Å². The Kier molecular flexibility index (Phi) is 5.68. The molecule has 4 rings (SSSR count). The molecule has 1 unspecified atom stereocenters. The van der Waals surface area contributed by atoms with Crippen molar-refractivity contribution < 1.29 is 32.6 Å². The Morgan fingerprint density at radius 1 is 0.939 bits per heavy atom. The van der Waals surface area contributed by atoms with Crippen LogP contribution < -0.4 is 9.64 Å². The second kappa shape index (κ2) is 8.46. The van der Waals surface area contributed by atoms with E-state index in [0.717, 1.165) is 29.2 Å². The number of carbonyl (C=O) groups is 2. The van der Waals surface area contributed by atoms with Crippen molar-refractivity contribution in [1.82, 2.24) is 0 Å². The molecule has 3 aromatic rings. The van der Waals surface area contributed by atoms with Crippen LogP contribution in [-0.4, -0.2) is 23.9 Å². The predicted octanol–water partition coefficient (Wildman–Crippen LogP) is 5.05. The van der Waals surface area contributed by atoms with Gasteiger partial charge in [-0.1, -0.05) is 12.1 Å². The Balaban J connectivity index is 1.97. The molecule has 33 heavy (non-hydrogen) atoms. The van der Waals surface area contributed by atoms with Crippen molar-refractivity contribution in [1.29, 1.82) is 0 Å². The van der Waals surface area contributed by atoms with Crippen LogP contribution in [0.25, 0.3) is 5.76 Å². The minimum Gasteiger partial charge on any atom is -0.507 e. The van der Waals surface area contributed by atoms with E-state index in [-0.39, 0.29) is 22.4 Å². The molecule has 1 heterocycles. The Morgan fingerprint density at radius 3 is 2.21 bits per heavy atom. The van der Waals surface area contributed by atoms with Gasteiger partial charge >= 0.3 is 0 Å². The molecule has 0 aromatic heterocycles. The molecule has 1 atom stereocenters. The minimum atomic E-state index is -1.27. The Bertz CT molecular complexity index is 1300. The first-order chi connectivity index (χ1) is 15.7. The SMILES string of the molecule is COc1ccc(/C(O)=C2\C(=O)C(=O)N(c3ccc(F)cc3F)C2c2ccc(F)cc2)c(C)c1. The van der Waals surface area contributed by atoms with Gasteiger partial charge in [0.15, 0.2) is 0 Å². The molecule has 1 aliphatic heterocycles. The number of ether oxygens (including phenoxy) is 1. The number of aliphatic hydroxyl groups excluding tert-OH is 1. The fourth-order valence-corrected chi connectivity index (χ4v) is 3.89. The van der Waals surface area contributed by atoms with E-state index in [9.17, 15) is 27.9 Å². The smallest absolute Gasteiger partial charge is 0.300 e. The van der Waals surface area contributed by atoms with Gasteiger partial charge in [0.2, 0.25) is 0 Å². The summed E-state index contributed by atoms with van der Waals surface area (Å²) in [5.74, 6) is -4.61. The molecule has 1 fully saturated rings. The van der Waals surface area contributed by atoms with Gasteiger partial charge in [-0.15, -0.1) is 0 Å². The third kappa shape index (κ3) is 3.84. The quantitative estimate of drug-likeness (QED) is 0.341. The molecule has 5 nitrogen and oxygen atoms in total. The molecule has 1 aliphatic rings. The van der Waals surface area contributed by atoms with E-state index < -0.39 is 40.9 Å². The molecule has 1 N–H and O–H groups in total. The highest BCUT2D eigenvalue weighted by Crippen LogP contribution is 2.43. The number of rotatable bonds is 4. The molecule has 0 saturated carbocycles. The lowest BCUT2D eigenvalue weighted by atomic mass is 9.93. The van der Waals surface area contributed by atoms with E-state index in [1.54, 1.807) is 19.1 Å².